The van der Waals surface area contributed by atoms with Crippen LogP contribution in [0.25, 0.3) is 0 Å². The van der Waals surface area contributed by atoms with E-state index in [1.807, 2.05) is 48.5 Å². The molecule has 0 fully saturated rings. The number of carbonyl (C=O) groups is 2. The fraction of sp³-hybridized carbons (Fsp3) is 0.182. The molecule has 2 aliphatic carbocycles. The maximum atomic E-state index is 12.8. The van der Waals surface area contributed by atoms with Gasteiger partial charge in [0.2, 0.25) is 0 Å². The molecule has 0 saturated heterocycles. The van der Waals surface area contributed by atoms with E-state index >= 15 is 0 Å². The minimum atomic E-state index is -0.354. The zero-order valence-corrected chi connectivity index (χ0v) is 17.0. The van der Waals surface area contributed by atoms with Crippen LogP contribution in [-0.2, 0) is 9.59 Å². The summed E-state index contributed by atoms with van der Waals surface area (Å²) in [7, 11) is 0. The molecule has 2 aromatic rings. The molecule has 0 unspecified atom stereocenters. The Kier molecular flexibility index (Phi) is 4.80. The monoisotopic (exact) mass is 470 g/mol. The lowest BCUT2D eigenvalue weighted by molar-refractivity contribution is -0.130. The number of halogens is 2. The summed E-state index contributed by atoms with van der Waals surface area (Å²) >= 11 is 6.90. The molecule has 4 rings (SSSR count). The minimum absolute atomic E-state index is 0.0361. The van der Waals surface area contributed by atoms with Crippen LogP contribution >= 0.6 is 31.9 Å². The van der Waals surface area contributed by atoms with Crippen molar-refractivity contribution in [1.82, 2.24) is 0 Å². The van der Waals surface area contributed by atoms with Crippen LogP contribution in [0.3, 0.4) is 0 Å². The Bertz CT molecular complexity index is 835. The van der Waals surface area contributed by atoms with Gasteiger partial charge in [0, 0.05) is 32.6 Å². The molecule has 0 bridgehead atoms. The predicted molar refractivity (Wildman–Crippen MR) is 109 cm³/mol. The second-order valence-corrected chi connectivity index (χ2v) is 8.56. The third-order valence-corrected chi connectivity index (χ3v) is 6.32. The van der Waals surface area contributed by atoms with Crippen LogP contribution in [0.1, 0.15) is 23.0 Å². The van der Waals surface area contributed by atoms with E-state index in [2.05, 4.69) is 44.0 Å². The van der Waals surface area contributed by atoms with Gasteiger partial charge in [-0.05, 0) is 47.5 Å². The number of hydrogen-bond acceptors (Lipinski definition) is 2. The van der Waals surface area contributed by atoms with Crippen LogP contribution in [0.4, 0.5) is 0 Å². The van der Waals surface area contributed by atoms with Crippen LogP contribution < -0.4 is 0 Å². The fourth-order valence-electron chi connectivity index (χ4n) is 4.03. The van der Waals surface area contributed by atoms with Gasteiger partial charge in [-0.3, -0.25) is 9.59 Å². The number of fused-ring (bicyclic) bond motifs is 1. The largest absolute Gasteiger partial charge is 0.294 e. The van der Waals surface area contributed by atoms with Gasteiger partial charge in [0.15, 0.2) is 11.6 Å². The highest BCUT2D eigenvalue weighted by molar-refractivity contribution is 9.10. The Morgan fingerprint density at radius 2 is 0.923 bits per heavy atom. The van der Waals surface area contributed by atoms with E-state index in [0.29, 0.717) is 0 Å². The summed E-state index contributed by atoms with van der Waals surface area (Å²) in [6.45, 7) is 0. The standard InChI is InChI=1S/C22H16Br2O2/c23-15-5-1-13(2-6-15)17-9-10-18(14-3-7-16(24)8-4-14)22-20(26)12-11-19(25)21(17)22/h1-12,17-18,21-22H/t17-,18+,21-,22+. The molecule has 2 nitrogen and oxygen atoms in total. The minimum Gasteiger partial charge on any atom is -0.294 e. The van der Waals surface area contributed by atoms with E-state index in [0.717, 1.165) is 20.1 Å². The molecule has 0 heterocycles. The zero-order valence-electron chi connectivity index (χ0n) is 13.8. The van der Waals surface area contributed by atoms with Crippen LogP contribution in [0, 0.1) is 11.8 Å². The molecule has 2 aliphatic rings. The molecule has 4 heteroatoms. The SMILES string of the molecule is O=C1C=CC(=O)[C@H]2[C@@H]1[C@@H](c1ccc(Br)cc1)C=C[C@H]2c1ccc(Br)cc1. The highest BCUT2D eigenvalue weighted by atomic mass is 79.9. The molecule has 0 N–H and O–H groups in total. The Hall–Kier alpha value is -1.78. The first-order chi connectivity index (χ1) is 12.5. The van der Waals surface area contributed by atoms with E-state index in [9.17, 15) is 9.59 Å². The molecule has 0 spiro atoms. The lowest BCUT2D eigenvalue weighted by Crippen LogP contribution is -2.41. The number of ketones is 2. The summed E-state index contributed by atoms with van der Waals surface area (Å²) < 4.78 is 1.99. The predicted octanol–water partition coefficient (Wildman–Crippen LogP) is 5.59. The maximum Gasteiger partial charge on any atom is 0.160 e. The Balaban J connectivity index is 1.80. The summed E-state index contributed by atoms with van der Waals surface area (Å²) in [5.74, 6) is -0.801. The maximum absolute atomic E-state index is 12.8. The highest BCUT2D eigenvalue weighted by Crippen LogP contribution is 2.47. The van der Waals surface area contributed by atoms with Crippen molar-refractivity contribution in [2.45, 2.75) is 11.8 Å². The van der Waals surface area contributed by atoms with Crippen LogP contribution in [0.15, 0.2) is 81.8 Å². The topological polar surface area (TPSA) is 34.1 Å². The van der Waals surface area contributed by atoms with Crippen molar-refractivity contribution in [2.24, 2.45) is 11.8 Å². The summed E-state index contributed by atoms with van der Waals surface area (Å²) in [5, 5.41) is 0. The second-order valence-electron chi connectivity index (χ2n) is 6.73. The molecular weight excluding hydrogens is 456 g/mol. The molecule has 0 aliphatic heterocycles. The summed E-state index contributed by atoms with van der Waals surface area (Å²) in [4.78, 5) is 25.5. The van der Waals surface area contributed by atoms with Crippen molar-refractivity contribution < 1.29 is 9.59 Å². The Labute approximate surface area is 169 Å². The van der Waals surface area contributed by atoms with Gasteiger partial charge in [-0.15, -0.1) is 0 Å². The number of allylic oxidation sites excluding steroid dienone is 4. The van der Waals surface area contributed by atoms with Gasteiger partial charge in [0.25, 0.3) is 0 Å². The molecule has 0 amide bonds. The van der Waals surface area contributed by atoms with Crippen molar-refractivity contribution in [3.05, 3.63) is 92.9 Å². The summed E-state index contributed by atoms with van der Waals surface area (Å²) in [5.41, 5.74) is 2.12. The number of rotatable bonds is 2. The van der Waals surface area contributed by atoms with Crippen molar-refractivity contribution in [3.8, 4) is 0 Å². The fourth-order valence-corrected chi connectivity index (χ4v) is 4.56. The molecule has 2 aromatic carbocycles. The lowest BCUT2D eigenvalue weighted by atomic mass is 9.62. The lowest BCUT2D eigenvalue weighted by Gasteiger charge is -2.39. The summed E-state index contributed by atoms with van der Waals surface area (Å²) in [6, 6.07) is 16.0. The van der Waals surface area contributed by atoms with E-state index in [1.54, 1.807) is 0 Å². The highest BCUT2D eigenvalue weighted by Gasteiger charge is 2.45. The molecule has 0 saturated carbocycles. The van der Waals surface area contributed by atoms with Crippen LogP contribution in [0.5, 0.6) is 0 Å². The van der Waals surface area contributed by atoms with Crippen molar-refractivity contribution in [1.29, 1.82) is 0 Å². The van der Waals surface area contributed by atoms with E-state index in [1.165, 1.54) is 12.2 Å². The van der Waals surface area contributed by atoms with Gasteiger partial charge in [0.05, 0.1) is 0 Å². The van der Waals surface area contributed by atoms with Crippen molar-refractivity contribution in [2.75, 3.05) is 0 Å². The molecule has 4 atom stereocenters. The molecule has 0 aromatic heterocycles. The van der Waals surface area contributed by atoms with E-state index < -0.39 is 0 Å². The third kappa shape index (κ3) is 3.17. The average molecular weight is 472 g/mol. The van der Waals surface area contributed by atoms with Crippen molar-refractivity contribution >= 4 is 43.4 Å². The smallest absolute Gasteiger partial charge is 0.160 e. The van der Waals surface area contributed by atoms with Gasteiger partial charge in [-0.2, -0.15) is 0 Å². The first-order valence-corrected chi connectivity index (χ1v) is 10.1. The normalized spacial score (nSPS) is 27.5. The van der Waals surface area contributed by atoms with Gasteiger partial charge < -0.3 is 0 Å². The van der Waals surface area contributed by atoms with Gasteiger partial charge in [0.1, 0.15) is 0 Å². The zero-order chi connectivity index (χ0) is 18.3. The molecule has 130 valence electrons. The van der Waals surface area contributed by atoms with Crippen molar-refractivity contribution in [3.63, 3.8) is 0 Å². The molecule has 0 radical (unpaired) electrons. The summed E-state index contributed by atoms with van der Waals surface area (Å²) in [6.07, 6.45) is 7.10. The first-order valence-electron chi connectivity index (χ1n) is 8.49. The van der Waals surface area contributed by atoms with Crippen LogP contribution in [0.2, 0.25) is 0 Å². The van der Waals surface area contributed by atoms with Gasteiger partial charge in [-0.25, -0.2) is 0 Å². The van der Waals surface area contributed by atoms with Gasteiger partial charge >= 0.3 is 0 Å². The average Bonchev–Trinajstić information content (AvgIpc) is 2.65. The van der Waals surface area contributed by atoms with E-state index in [4.69, 9.17) is 0 Å². The van der Waals surface area contributed by atoms with E-state index in [-0.39, 0.29) is 35.2 Å². The Morgan fingerprint density at radius 1 is 0.577 bits per heavy atom. The van der Waals surface area contributed by atoms with Crippen LogP contribution in [-0.4, -0.2) is 11.6 Å². The van der Waals surface area contributed by atoms with Gasteiger partial charge in [-0.1, -0.05) is 68.3 Å². The quantitative estimate of drug-likeness (QED) is 0.535. The first kappa shape index (κ1) is 17.6. The molecular formula is C22H16Br2O2. The number of carbonyl (C=O) groups excluding carboxylic acids is 2. The number of benzene rings is 2. The third-order valence-electron chi connectivity index (χ3n) is 5.27. The Morgan fingerprint density at radius 3 is 1.27 bits per heavy atom. The number of hydrogen-bond donors (Lipinski definition) is 0. The second kappa shape index (κ2) is 7.09. The molecule has 26 heavy (non-hydrogen) atoms.